The van der Waals surface area contributed by atoms with E-state index in [0.29, 0.717) is 11.3 Å². The van der Waals surface area contributed by atoms with Crippen molar-refractivity contribution < 1.29 is 14.3 Å². The maximum absolute atomic E-state index is 12.4. The molecule has 0 unspecified atom stereocenters. The maximum Gasteiger partial charge on any atom is 0.273 e. The predicted molar refractivity (Wildman–Crippen MR) is 81.9 cm³/mol. The number of hydrogen-bond acceptors (Lipinski definition) is 3. The summed E-state index contributed by atoms with van der Waals surface area (Å²) >= 11 is 0. The fourth-order valence-corrected chi connectivity index (χ4v) is 1.76. The van der Waals surface area contributed by atoms with Crippen molar-refractivity contribution in [2.75, 3.05) is 7.11 Å². The molecule has 0 fully saturated rings. The van der Waals surface area contributed by atoms with Crippen LogP contribution in [0.4, 0.5) is 0 Å². The van der Waals surface area contributed by atoms with Crippen molar-refractivity contribution in [2.24, 2.45) is 0 Å². The third kappa shape index (κ3) is 4.34. The summed E-state index contributed by atoms with van der Waals surface area (Å²) < 4.78 is 5.16. The summed E-state index contributed by atoms with van der Waals surface area (Å²) in [5.74, 6) is -0.212. The quantitative estimate of drug-likeness (QED) is 0.687. The molecule has 0 saturated carbocycles. The predicted octanol–water partition coefficient (Wildman–Crippen LogP) is 2.54. The SMILES string of the molecule is C/C=C/C(=O)N(NC(=O)c1ccccc1OC)C(C)(C)C. The topological polar surface area (TPSA) is 58.6 Å². The molecule has 1 N–H and O–H groups in total. The second-order valence-corrected chi connectivity index (χ2v) is 5.49. The van der Waals surface area contributed by atoms with Gasteiger partial charge in [0.1, 0.15) is 5.75 Å². The largest absolute Gasteiger partial charge is 0.496 e. The molecule has 0 heterocycles. The summed E-state index contributed by atoms with van der Waals surface area (Å²) in [7, 11) is 1.50. The fraction of sp³-hybridized carbons (Fsp3) is 0.375. The third-order valence-corrected chi connectivity index (χ3v) is 2.77. The lowest BCUT2D eigenvalue weighted by atomic mass is 10.1. The zero-order valence-electron chi connectivity index (χ0n) is 13.1. The first-order valence-electron chi connectivity index (χ1n) is 6.72. The Hall–Kier alpha value is -2.30. The Labute approximate surface area is 125 Å². The van der Waals surface area contributed by atoms with Crippen LogP contribution in [0.5, 0.6) is 5.75 Å². The van der Waals surface area contributed by atoms with E-state index in [-0.39, 0.29) is 11.8 Å². The summed E-state index contributed by atoms with van der Waals surface area (Å²) in [6.45, 7) is 7.28. The lowest BCUT2D eigenvalue weighted by molar-refractivity contribution is -0.133. The number of hydrazine groups is 1. The van der Waals surface area contributed by atoms with Crippen molar-refractivity contribution in [3.05, 3.63) is 42.0 Å². The molecular weight excluding hydrogens is 268 g/mol. The van der Waals surface area contributed by atoms with Crippen LogP contribution < -0.4 is 10.2 Å². The lowest BCUT2D eigenvalue weighted by Gasteiger charge is -2.34. The van der Waals surface area contributed by atoms with Gasteiger partial charge in [-0.1, -0.05) is 18.2 Å². The minimum Gasteiger partial charge on any atom is -0.496 e. The summed E-state index contributed by atoms with van der Waals surface area (Å²) in [5, 5.41) is 1.31. The molecular formula is C16H22N2O3. The number of hydrogen-bond donors (Lipinski definition) is 1. The molecule has 1 rings (SSSR count). The number of carbonyl (C=O) groups excluding carboxylic acids is 2. The van der Waals surface area contributed by atoms with Gasteiger partial charge in [0.2, 0.25) is 0 Å². The summed E-state index contributed by atoms with van der Waals surface area (Å²) in [6.07, 6.45) is 3.05. The van der Waals surface area contributed by atoms with E-state index >= 15 is 0 Å². The molecule has 0 bridgehead atoms. The second kappa shape index (κ2) is 6.92. The van der Waals surface area contributed by atoms with Gasteiger partial charge < -0.3 is 4.74 Å². The molecule has 5 heteroatoms. The van der Waals surface area contributed by atoms with Gasteiger partial charge in [-0.15, -0.1) is 0 Å². The fourth-order valence-electron chi connectivity index (χ4n) is 1.76. The van der Waals surface area contributed by atoms with E-state index in [4.69, 9.17) is 4.74 Å². The van der Waals surface area contributed by atoms with Gasteiger partial charge >= 0.3 is 0 Å². The average molecular weight is 290 g/mol. The molecule has 0 saturated heterocycles. The number of methoxy groups -OCH3 is 1. The molecule has 0 aliphatic rings. The molecule has 0 aromatic heterocycles. The zero-order valence-corrected chi connectivity index (χ0v) is 13.1. The maximum atomic E-state index is 12.4. The van der Waals surface area contributed by atoms with Gasteiger partial charge in [-0.05, 0) is 39.8 Å². The third-order valence-electron chi connectivity index (χ3n) is 2.77. The van der Waals surface area contributed by atoms with Crippen LogP contribution >= 0.6 is 0 Å². The van der Waals surface area contributed by atoms with Crippen LogP contribution in [0.3, 0.4) is 0 Å². The summed E-state index contributed by atoms with van der Waals surface area (Å²) in [5.41, 5.74) is 2.48. The molecule has 1 aromatic rings. The van der Waals surface area contributed by atoms with Crippen molar-refractivity contribution >= 4 is 11.8 Å². The highest BCUT2D eigenvalue weighted by atomic mass is 16.5. The molecule has 5 nitrogen and oxygen atoms in total. The van der Waals surface area contributed by atoms with Gasteiger partial charge in [0.15, 0.2) is 0 Å². The van der Waals surface area contributed by atoms with E-state index in [0.717, 1.165) is 0 Å². The molecule has 0 spiro atoms. The number of amides is 2. The van der Waals surface area contributed by atoms with Crippen LogP contribution in [0.25, 0.3) is 0 Å². The Morgan fingerprint density at radius 1 is 1.24 bits per heavy atom. The number of nitrogens with zero attached hydrogens (tertiary/aromatic N) is 1. The van der Waals surface area contributed by atoms with Gasteiger partial charge in [0.25, 0.3) is 11.8 Å². The highest BCUT2D eigenvalue weighted by Crippen LogP contribution is 2.18. The number of ether oxygens (including phenoxy) is 1. The van der Waals surface area contributed by atoms with Crippen molar-refractivity contribution in [3.63, 3.8) is 0 Å². The van der Waals surface area contributed by atoms with E-state index < -0.39 is 5.54 Å². The Kier molecular flexibility index (Phi) is 5.52. The van der Waals surface area contributed by atoms with E-state index in [1.165, 1.54) is 18.2 Å². The zero-order chi connectivity index (χ0) is 16.0. The van der Waals surface area contributed by atoms with Gasteiger partial charge in [-0.3, -0.25) is 15.0 Å². The Morgan fingerprint density at radius 2 is 1.86 bits per heavy atom. The van der Waals surface area contributed by atoms with Crippen molar-refractivity contribution in [2.45, 2.75) is 33.2 Å². The number of rotatable bonds is 3. The number of nitrogens with one attached hydrogen (secondary N) is 1. The van der Waals surface area contributed by atoms with E-state index in [1.54, 1.807) is 37.3 Å². The lowest BCUT2D eigenvalue weighted by Crippen LogP contribution is -2.55. The smallest absolute Gasteiger partial charge is 0.273 e. The van der Waals surface area contributed by atoms with Crippen molar-refractivity contribution in [1.29, 1.82) is 0 Å². The highest BCUT2D eigenvalue weighted by molar-refractivity contribution is 5.99. The van der Waals surface area contributed by atoms with Crippen LogP contribution in [0.15, 0.2) is 36.4 Å². The molecule has 114 valence electrons. The standard InChI is InChI=1S/C16H22N2O3/c1-6-9-14(19)18(16(2,3)4)17-15(20)12-10-7-8-11-13(12)21-5/h6-11H,1-5H3,(H,17,20)/b9-6+. The van der Waals surface area contributed by atoms with Crippen LogP contribution in [-0.4, -0.2) is 29.5 Å². The Bertz CT molecular complexity index is 545. The first-order valence-corrected chi connectivity index (χ1v) is 6.72. The molecule has 0 atom stereocenters. The highest BCUT2D eigenvalue weighted by Gasteiger charge is 2.27. The molecule has 2 amide bonds. The number of para-hydroxylation sites is 1. The molecule has 0 aliphatic carbocycles. The van der Waals surface area contributed by atoms with Gasteiger partial charge in [-0.25, -0.2) is 5.01 Å². The number of allylic oxidation sites excluding steroid dienone is 1. The molecule has 0 aliphatic heterocycles. The van der Waals surface area contributed by atoms with Crippen LogP contribution in [0.2, 0.25) is 0 Å². The Balaban J connectivity index is 3.04. The van der Waals surface area contributed by atoms with Crippen molar-refractivity contribution in [3.8, 4) is 5.75 Å². The summed E-state index contributed by atoms with van der Waals surface area (Å²) in [6, 6.07) is 6.87. The second-order valence-electron chi connectivity index (χ2n) is 5.49. The van der Waals surface area contributed by atoms with Gasteiger partial charge in [-0.2, -0.15) is 0 Å². The minimum atomic E-state index is -0.547. The normalized spacial score (nSPS) is 11.3. The van der Waals surface area contributed by atoms with Gasteiger partial charge in [0.05, 0.1) is 18.2 Å². The molecule has 21 heavy (non-hydrogen) atoms. The Morgan fingerprint density at radius 3 is 2.38 bits per heavy atom. The van der Waals surface area contributed by atoms with Crippen LogP contribution in [0.1, 0.15) is 38.1 Å². The first kappa shape index (κ1) is 16.8. The molecule has 1 aromatic carbocycles. The summed E-state index contributed by atoms with van der Waals surface area (Å²) in [4.78, 5) is 24.5. The van der Waals surface area contributed by atoms with E-state index in [1.807, 2.05) is 20.8 Å². The van der Waals surface area contributed by atoms with E-state index in [9.17, 15) is 9.59 Å². The monoisotopic (exact) mass is 290 g/mol. The number of carbonyl (C=O) groups is 2. The van der Waals surface area contributed by atoms with Gasteiger partial charge in [0, 0.05) is 6.08 Å². The van der Waals surface area contributed by atoms with Crippen LogP contribution in [0, 0.1) is 0 Å². The average Bonchev–Trinajstić information content (AvgIpc) is 2.43. The first-order chi connectivity index (χ1) is 9.81. The van der Waals surface area contributed by atoms with E-state index in [2.05, 4.69) is 5.43 Å². The van der Waals surface area contributed by atoms with Crippen molar-refractivity contribution in [1.82, 2.24) is 10.4 Å². The number of benzene rings is 1. The minimum absolute atomic E-state index is 0.284. The molecule has 0 radical (unpaired) electrons. The van der Waals surface area contributed by atoms with Crippen LogP contribution in [-0.2, 0) is 4.79 Å².